The highest BCUT2D eigenvalue weighted by molar-refractivity contribution is 7.14. The number of piperazine rings is 3. The molecule has 0 atom stereocenters. The zero-order chi connectivity index (χ0) is 71.9. The molecule has 106 heavy (non-hydrogen) atoms. The molecule has 22 nitrogen and oxygen atoms in total. The molecule has 24 heteroatoms. The molecule has 3 aliphatic rings. The molecule has 0 radical (unpaired) electrons. The highest BCUT2D eigenvalue weighted by Gasteiger charge is 2.29. The van der Waals surface area contributed by atoms with Gasteiger partial charge in [0.2, 0.25) is 11.9 Å². The number of carbonyl (C=O) groups excluding carboxylic acids is 3. The van der Waals surface area contributed by atoms with Gasteiger partial charge in [-0.2, -0.15) is 0 Å². The van der Waals surface area contributed by atoms with Crippen LogP contribution in [0.15, 0.2) is 245 Å². The Kier molecular flexibility index (Phi) is 19.6. The number of amides is 3. The maximum atomic E-state index is 13.4. The van der Waals surface area contributed by atoms with Gasteiger partial charge in [0.15, 0.2) is 11.5 Å². The van der Waals surface area contributed by atoms with Gasteiger partial charge in [0.1, 0.15) is 28.6 Å². The quantitative estimate of drug-likeness (QED) is 0.110. The Hall–Kier alpha value is -12.8. The van der Waals surface area contributed by atoms with E-state index >= 15 is 0 Å². The third kappa shape index (κ3) is 14.8. The van der Waals surface area contributed by atoms with Crippen LogP contribution < -0.4 is 14.7 Å². The SMILES string of the molecule is Cc1cccc(-c2nc3ccc(C(=O)N4CCN(c5ncccn5)CC4)cc3nc2-c2cccc(C)c2)c1.O=C(c1ccc2nc(-c3ccco3)c(-c3ccco3)nc2c1)N1CCN(c2ncccn2)CC1.O=C(c1ccc2nc(-c3cccs3)c(-c3cccs3)nc2c1)N1CCN(c2ccccn2)CC1. The first-order valence-corrected chi connectivity index (χ1v) is 36.7. The molecule has 13 heterocycles. The van der Waals surface area contributed by atoms with Crippen LogP contribution in [0.5, 0.6) is 0 Å². The summed E-state index contributed by atoms with van der Waals surface area (Å²) in [6, 6.07) is 58.3. The van der Waals surface area contributed by atoms with E-state index in [2.05, 4.69) is 107 Å². The molecule has 3 aliphatic heterocycles. The lowest BCUT2D eigenvalue weighted by Gasteiger charge is -2.35. The lowest BCUT2D eigenvalue weighted by molar-refractivity contribution is 0.0739. The highest BCUT2D eigenvalue weighted by atomic mass is 32.1. The van der Waals surface area contributed by atoms with Crippen molar-refractivity contribution in [2.45, 2.75) is 13.8 Å². The molecule has 0 saturated carbocycles. The summed E-state index contributed by atoms with van der Waals surface area (Å²) in [5.74, 6) is 3.52. The Balaban J connectivity index is 0.000000122. The van der Waals surface area contributed by atoms with Gasteiger partial charge in [-0.1, -0.05) is 65.7 Å². The summed E-state index contributed by atoms with van der Waals surface area (Å²) in [6.45, 7) is 12.2. The molecule has 0 N–H and O–H groups in total. The number of anilines is 3. The van der Waals surface area contributed by atoms with Crippen LogP contribution in [-0.2, 0) is 0 Å². The van der Waals surface area contributed by atoms with Crippen LogP contribution in [0.2, 0.25) is 0 Å². The minimum atomic E-state index is -0.0352. The van der Waals surface area contributed by atoms with Gasteiger partial charge in [0.25, 0.3) is 17.7 Å². The summed E-state index contributed by atoms with van der Waals surface area (Å²) in [4.78, 5) is 106. The van der Waals surface area contributed by atoms with Crippen molar-refractivity contribution in [3.63, 3.8) is 0 Å². The number of carbonyl (C=O) groups is 3. The van der Waals surface area contributed by atoms with E-state index in [0.717, 1.165) is 84.7 Å². The van der Waals surface area contributed by atoms with Crippen molar-refractivity contribution in [2.24, 2.45) is 0 Å². The smallest absolute Gasteiger partial charge is 0.254 e. The molecular formula is C82H69N17O5S2. The van der Waals surface area contributed by atoms with E-state index < -0.39 is 0 Å². The van der Waals surface area contributed by atoms with Crippen LogP contribution in [0.3, 0.4) is 0 Å². The van der Waals surface area contributed by atoms with E-state index in [1.54, 1.807) is 103 Å². The summed E-state index contributed by atoms with van der Waals surface area (Å²) in [5, 5.41) is 4.10. The Bertz CT molecular complexity index is 5360. The summed E-state index contributed by atoms with van der Waals surface area (Å²) in [5.41, 5.74) is 15.0. The molecule has 0 unspecified atom stereocenters. The molecule has 5 aromatic carbocycles. The number of furan rings is 2. The van der Waals surface area contributed by atoms with Crippen molar-refractivity contribution < 1.29 is 23.2 Å². The third-order valence-corrected chi connectivity index (χ3v) is 20.4. The van der Waals surface area contributed by atoms with Crippen LogP contribution in [0.1, 0.15) is 42.2 Å². The zero-order valence-electron chi connectivity index (χ0n) is 58.0. The number of aryl methyl sites for hydroxylation is 2. The largest absolute Gasteiger partial charge is 0.463 e. The van der Waals surface area contributed by atoms with Gasteiger partial charge in [-0.3, -0.25) is 14.4 Å². The molecule has 0 aliphatic carbocycles. The third-order valence-electron chi connectivity index (χ3n) is 18.7. The second-order valence-electron chi connectivity index (χ2n) is 25.6. The number of nitrogens with zero attached hydrogens (tertiary/aromatic N) is 17. The van der Waals surface area contributed by atoms with E-state index in [1.807, 2.05) is 117 Å². The minimum Gasteiger partial charge on any atom is -0.463 e. The Morgan fingerprint density at radius 3 is 1.10 bits per heavy atom. The van der Waals surface area contributed by atoms with Gasteiger partial charge < -0.3 is 38.2 Å². The van der Waals surface area contributed by atoms with E-state index in [1.165, 1.54) is 5.56 Å². The predicted molar refractivity (Wildman–Crippen MR) is 414 cm³/mol. The number of rotatable bonds is 12. The van der Waals surface area contributed by atoms with Gasteiger partial charge in [-0.25, -0.2) is 54.8 Å². The topological polar surface area (TPSA) is 239 Å². The van der Waals surface area contributed by atoms with E-state index in [4.69, 9.17) is 38.7 Å². The standard InChI is InChI=1S/C31H28N6O.C26H21N5OS2.C25H20N6O3/c1-21-6-3-8-23(18-21)28-29(24-9-4-7-22(2)19-24)35-27-20-25(10-11-26(27)34-28)30(38)36-14-16-37(17-15-36)31-32-12-5-13-33-31;32-26(31-13-11-30(12-14-31)23-7-1-2-10-27-23)18-8-9-19-20(17-18)29-25(22-6-4-16-34-22)24(28-19)21-5-3-15-33-21;32-24(30-10-12-31(13-11-30)25-26-8-3-9-27-25)17-6-7-18-19(16-17)29-23(21-5-2-15-34-21)22(28-18)20-4-1-14-33-20/h3-13,18-20H,14-17H2,1-2H3;1-10,15-17H,11-14H2;1-9,14-16H,10-13H2. The van der Waals surface area contributed by atoms with E-state index in [0.29, 0.717) is 133 Å². The van der Waals surface area contributed by atoms with Gasteiger partial charge >= 0.3 is 0 Å². The first kappa shape index (κ1) is 67.7. The lowest BCUT2D eigenvalue weighted by atomic mass is 10.0. The lowest BCUT2D eigenvalue weighted by Crippen LogP contribution is -2.49. The van der Waals surface area contributed by atoms with E-state index in [-0.39, 0.29) is 17.7 Å². The van der Waals surface area contributed by atoms with Gasteiger partial charge in [-0.05, 0) is 152 Å². The van der Waals surface area contributed by atoms with Crippen LogP contribution in [0.4, 0.5) is 17.7 Å². The van der Waals surface area contributed by atoms with Crippen LogP contribution >= 0.6 is 22.7 Å². The Morgan fingerprint density at radius 1 is 0.330 bits per heavy atom. The van der Waals surface area contributed by atoms with Crippen LogP contribution in [0, 0.1) is 13.8 Å². The second kappa shape index (κ2) is 30.6. The summed E-state index contributed by atoms with van der Waals surface area (Å²) < 4.78 is 11.2. The van der Waals surface area contributed by atoms with Crippen molar-refractivity contribution in [3.05, 3.63) is 264 Å². The average molecular weight is 1440 g/mol. The van der Waals surface area contributed by atoms with Crippen molar-refractivity contribution in [3.8, 4) is 66.6 Å². The van der Waals surface area contributed by atoms with E-state index in [9.17, 15) is 14.4 Å². The van der Waals surface area contributed by atoms with Crippen molar-refractivity contribution in [1.82, 2.24) is 69.5 Å². The summed E-state index contributed by atoms with van der Waals surface area (Å²) in [7, 11) is 0. The van der Waals surface area contributed by atoms with Gasteiger partial charge in [0, 0.05) is 137 Å². The fourth-order valence-electron chi connectivity index (χ4n) is 13.2. The maximum absolute atomic E-state index is 13.4. The first-order chi connectivity index (χ1) is 52.1. The molecule has 524 valence electrons. The number of aromatic nitrogens is 11. The second-order valence-corrected chi connectivity index (χ2v) is 27.5. The Labute approximate surface area is 618 Å². The zero-order valence-corrected chi connectivity index (χ0v) is 59.6. The first-order valence-electron chi connectivity index (χ1n) is 34.9. The van der Waals surface area contributed by atoms with Crippen LogP contribution in [0.25, 0.3) is 99.7 Å². The Morgan fingerprint density at radius 2 is 0.717 bits per heavy atom. The molecule has 18 rings (SSSR count). The number of pyridine rings is 1. The molecule has 0 spiro atoms. The number of thiophene rings is 2. The minimum absolute atomic E-state index is 0.00203. The van der Waals surface area contributed by atoms with Crippen LogP contribution in [-0.4, -0.2) is 166 Å². The molecule has 3 saturated heterocycles. The highest BCUT2D eigenvalue weighted by Crippen LogP contribution is 2.38. The number of hydrogen-bond acceptors (Lipinski definition) is 21. The number of hydrogen-bond donors (Lipinski definition) is 0. The molecule has 0 bridgehead atoms. The summed E-state index contributed by atoms with van der Waals surface area (Å²) >= 11 is 3.30. The fourth-order valence-corrected chi connectivity index (χ4v) is 14.7. The van der Waals surface area contributed by atoms with Gasteiger partial charge in [-0.15, -0.1) is 22.7 Å². The van der Waals surface area contributed by atoms with Crippen molar-refractivity contribution >= 4 is 91.2 Å². The monoisotopic (exact) mass is 1440 g/mol. The fraction of sp³-hybridized carbons (Fsp3) is 0.171. The molecule has 3 amide bonds. The number of benzene rings is 5. The van der Waals surface area contributed by atoms with Crippen molar-refractivity contribution in [1.29, 1.82) is 0 Å². The number of fused-ring (bicyclic) bond motifs is 3. The molecule has 3 fully saturated rings. The van der Waals surface area contributed by atoms with Crippen molar-refractivity contribution in [2.75, 3.05) is 93.2 Å². The average Bonchev–Trinajstić information content (AvgIpc) is 0.807. The predicted octanol–water partition coefficient (Wildman–Crippen LogP) is 14.7. The molecule has 15 aromatic rings. The van der Waals surface area contributed by atoms with Gasteiger partial charge in [0.05, 0.1) is 66.8 Å². The normalized spacial score (nSPS) is 13.9. The summed E-state index contributed by atoms with van der Waals surface area (Å²) in [6.07, 6.45) is 11.9. The molecule has 10 aromatic heterocycles. The maximum Gasteiger partial charge on any atom is 0.254 e. The molecular weight excluding hydrogens is 1370 g/mol.